The Hall–Kier alpha value is -3.32. The molecule has 4 aromatic rings. The first-order valence-corrected chi connectivity index (χ1v) is 10.3. The Balaban J connectivity index is 1.85. The summed E-state index contributed by atoms with van der Waals surface area (Å²) < 4.78 is 17.4. The van der Waals surface area contributed by atoms with Gasteiger partial charge in [-0.2, -0.15) is 0 Å². The lowest BCUT2D eigenvalue weighted by Gasteiger charge is -2.19. The van der Waals surface area contributed by atoms with E-state index in [9.17, 15) is 4.79 Å². The smallest absolute Gasteiger partial charge is 0.263 e. The molecule has 2 aromatic heterocycles. The Kier molecular flexibility index (Phi) is 5.46. The quantitative estimate of drug-likeness (QED) is 0.418. The Bertz CT molecular complexity index is 1160. The van der Waals surface area contributed by atoms with Crippen molar-refractivity contribution in [1.29, 1.82) is 0 Å². The molecule has 1 amide bonds. The first-order chi connectivity index (χ1) is 14.5. The van der Waals surface area contributed by atoms with Crippen LogP contribution in [0.2, 0.25) is 0 Å². The number of anilines is 1. The van der Waals surface area contributed by atoms with Gasteiger partial charge in [-0.15, -0.1) is 0 Å². The number of benzene rings is 2. The summed E-state index contributed by atoms with van der Waals surface area (Å²) in [6.07, 6.45) is 0. The number of methoxy groups -OCH3 is 2. The van der Waals surface area contributed by atoms with E-state index in [2.05, 4.69) is 0 Å². The second-order valence-corrected chi connectivity index (χ2v) is 7.83. The van der Waals surface area contributed by atoms with Crippen LogP contribution in [0.3, 0.4) is 0 Å². The predicted molar refractivity (Wildman–Crippen MR) is 118 cm³/mol. The van der Waals surface area contributed by atoms with E-state index in [1.165, 1.54) is 11.3 Å². The van der Waals surface area contributed by atoms with Crippen LogP contribution in [0.5, 0.6) is 11.5 Å². The monoisotopic (exact) mass is 422 g/mol. The van der Waals surface area contributed by atoms with Gasteiger partial charge in [0.2, 0.25) is 0 Å². The standard InChI is InChI=1S/C23H22N2O4S/c1-14-12-17(15(2)29-14)22(26)25(13-16-8-6-5-7-9-16)23-24-20-18(27-3)10-11-19(28-4)21(20)30-23/h5-12H,13H2,1-4H3. The summed E-state index contributed by atoms with van der Waals surface area (Å²) in [4.78, 5) is 20.0. The molecule has 154 valence electrons. The van der Waals surface area contributed by atoms with Crippen molar-refractivity contribution in [3.05, 3.63) is 71.2 Å². The average Bonchev–Trinajstić information content (AvgIpc) is 3.34. The van der Waals surface area contributed by atoms with E-state index in [4.69, 9.17) is 18.9 Å². The van der Waals surface area contributed by atoms with E-state index in [-0.39, 0.29) is 5.91 Å². The highest BCUT2D eigenvalue weighted by Gasteiger charge is 2.26. The number of carbonyl (C=O) groups is 1. The minimum absolute atomic E-state index is 0.162. The lowest BCUT2D eigenvalue weighted by atomic mass is 10.2. The molecule has 0 spiro atoms. The predicted octanol–water partition coefficient (Wildman–Crippen LogP) is 5.37. The molecule has 0 fully saturated rings. The number of carbonyl (C=O) groups excluding carboxylic acids is 1. The highest BCUT2D eigenvalue weighted by molar-refractivity contribution is 7.22. The van der Waals surface area contributed by atoms with Gasteiger partial charge in [-0.3, -0.25) is 9.69 Å². The maximum atomic E-state index is 13.5. The molecule has 30 heavy (non-hydrogen) atoms. The van der Waals surface area contributed by atoms with Crippen LogP contribution in [-0.2, 0) is 6.54 Å². The Morgan fingerprint density at radius 3 is 2.40 bits per heavy atom. The third-order valence-electron chi connectivity index (χ3n) is 4.83. The maximum Gasteiger partial charge on any atom is 0.263 e. The van der Waals surface area contributed by atoms with Crippen LogP contribution in [-0.4, -0.2) is 25.1 Å². The number of nitrogens with zero attached hydrogens (tertiary/aromatic N) is 2. The summed E-state index contributed by atoms with van der Waals surface area (Å²) in [5.74, 6) is 2.45. The number of ether oxygens (including phenoxy) is 2. The molecule has 2 heterocycles. The molecule has 0 aliphatic heterocycles. The van der Waals surface area contributed by atoms with E-state index in [1.807, 2.05) is 49.4 Å². The molecule has 0 atom stereocenters. The fourth-order valence-corrected chi connectivity index (χ4v) is 4.44. The third kappa shape index (κ3) is 3.64. The van der Waals surface area contributed by atoms with Crippen LogP contribution >= 0.6 is 11.3 Å². The zero-order chi connectivity index (χ0) is 21.3. The lowest BCUT2D eigenvalue weighted by Crippen LogP contribution is -2.30. The summed E-state index contributed by atoms with van der Waals surface area (Å²) in [5, 5.41) is 0.569. The van der Waals surface area contributed by atoms with Crippen molar-refractivity contribution < 1.29 is 18.7 Å². The molecule has 0 radical (unpaired) electrons. The van der Waals surface area contributed by atoms with Gasteiger partial charge in [0.25, 0.3) is 5.91 Å². The van der Waals surface area contributed by atoms with Crippen molar-refractivity contribution in [2.24, 2.45) is 0 Å². The fraction of sp³-hybridized carbons (Fsp3) is 0.217. The zero-order valence-electron chi connectivity index (χ0n) is 17.3. The number of fused-ring (bicyclic) bond motifs is 1. The molecule has 4 rings (SSSR count). The highest BCUT2D eigenvalue weighted by Crippen LogP contribution is 2.41. The Morgan fingerprint density at radius 1 is 1.07 bits per heavy atom. The van der Waals surface area contributed by atoms with Crippen molar-refractivity contribution in [1.82, 2.24) is 4.98 Å². The fourth-order valence-electron chi connectivity index (χ4n) is 3.37. The topological polar surface area (TPSA) is 64.8 Å². The molecule has 7 heteroatoms. The first kappa shape index (κ1) is 20.0. The van der Waals surface area contributed by atoms with Gasteiger partial charge in [0.05, 0.1) is 26.3 Å². The van der Waals surface area contributed by atoms with Gasteiger partial charge in [-0.1, -0.05) is 41.7 Å². The summed E-state index contributed by atoms with van der Waals surface area (Å²) >= 11 is 1.40. The molecular weight excluding hydrogens is 400 g/mol. The molecule has 0 aliphatic carbocycles. The number of rotatable bonds is 6. The van der Waals surface area contributed by atoms with Gasteiger partial charge in [-0.25, -0.2) is 4.98 Å². The molecule has 6 nitrogen and oxygen atoms in total. The van der Waals surface area contributed by atoms with Crippen molar-refractivity contribution in [3.63, 3.8) is 0 Å². The lowest BCUT2D eigenvalue weighted by molar-refractivity contribution is 0.0983. The molecular formula is C23H22N2O4S. The highest BCUT2D eigenvalue weighted by atomic mass is 32.1. The van der Waals surface area contributed by atoms with Gasteiger partial charge in [0, 0.05) is 0 Å². The number of hydrogen-bond acceptors (Lipinski definition) is 6. The van der Waals surface area contributed by atoms with Crippen molar-refractivity contribution >= 4 is 32.6 Å². The molecule has 2 aromatic carbocycles. The number of amides is 1. The van der Waals surface area contributed by atoms with E-state index < -0.39 is 0 Å². The van der Waals surface area contributed by atoms with Crippen LogP contribution in [0.1, 0.15) is 27.4 Å². The summed E-state index contributed by atoms with van der Waals surface area (Å²) in [6, 6.07) is 15.3. The van der Waals surface area contributed by atoms with Crippen LogP contribution < -0.4 is 14.4 Å². The summed E-state index contributed by atoms with van der Waals surface area (Å²) in [7, 11) is 3.22. The van der Waals surface area contributed by atoms with Crippen LogP contribution in [0, 0.1) is 13.8 Å². The minimum Gasteiger partial charge on any atom is -0.495 e. The third-order valence-corrected chi connectivity index (χ3v) is 5.92. The van der Waals surface area contributed by atoms with E-state index in [0.717, 1.165) is 10.3 Å². The van der Waals surface area contributed by atoms with E-state index >= 15 is 0 Å². The molecule has 0 unspecified atom stereocenters. The largest absolute Gasteiger partial charge is 0.495 e. The van der Waals surface area contributed by atoms with Gasteiger partial charge in [-0.05, 0) is 37.6 Å². The van der Waals surface area contributed by atoms with Gasteiger partial charge in [0.1, 0.15) is 33.2 Å². The van der Waals surface area contributed by atoms with Crippen molar-refractivity contribution in [3.8, 4) is 11.5 Å². The van der Waals surface area contributed by atoms with Gasteiger partial charge < -0.3 is 13.9 Å². The summed E-state index contributed by atoms with van der Waals surface area (Å²) in [6.45, 7) is 4.01. The van der Waals surface area contributed by atoms with Gasteiger partial charge >= 0.3 is 0 Å². The van der Waals surface area contributed by atoms with Crippen LogP contribution in [0.15, 0.2) is 52.9 Å². The number of furan rings is 1. The number of thiazole rings is 1. The summed E-state index contributed by atoms with van der Waals surface area (Å²) in [5.41, 5.74) is 2.20. The average molecular weight is 423 g/mol. The second-order valence-electron chi connectivity index (χ2n) is 6.85. The van der Waals surface area contributed by atoms with Crippen LogP contribution in [0.4, 0.5) is 5.13 Å². The zero-order valence-corrected chi connectivity index (χ0v) is 18.1. The van der Waals surface area contributed by atoms with Crippen LogP contribution in [0.25, 0.3) is 10.2 Å². The molecule has 0 N–H and O–H groups in total. The number of hydrogen-bond donors (Lipinski definition) is 0. The number of aryl methyl sites for hydroxylation is 2. The minimum atomic E-state index is -0.162. The van der Waals surface area contributed by atoms with Crippen molar-refractivity contribution in [2.45, 2.75) is 20.4 Å². The normalized spacial score (nSPS) is 10.9. The first-order valence-electron chi connectivity index (χ1n) is 9.46. The number of aromatic nitrogens is 1. The van der Waals surface area contributed by atoms with Crippen molar-refractivity contribution in [2.75, 3.05) is 19.1 Å². The maximum absolute atomic E-state index is 13.5. The Morgan fingerprint density at radius 2 is 1.77 bits per heavy atom. The molecule has 0 saturated heterocycles. The molecule has 0 saturated carbocycles. The molecule has 0 bridgehead atoms. The SMILES string of the molecule is COc1ccc(OC)c2sc(N(Cc3ccccc3)C(=O)c3cc(C)oc3C)nc12. The Labute approximate surface area is 178 Å². The van der Waals surface area contributed by atoms with E-state index in [0.29, 0.717) is 45.8 Å². The second kappa shape index (κ2) is 8.20. The van der Waals surface area contributed by atoms with Gasteiger partial charge in [0.15, 0.2) is 5.13 Å². The molecule has 0 aliphatic rings. The van der Waals surface area contributed by atoms with E-state index in [1.54, 1.807) is 32.1 Å².